The third kappa shape index (κ3) is 4.36. The number of benzene rings is 1. The Hall–Kier alpha value is -1.32. The van der Waals surface area contributed by atoms with Crippen LogP contribution in [0.25, 0.3) is 11.0 Å². The van der Waals surface area contributed by atoms with Crippen LogP contribution in [0.4, 0.5) is 0 Å². The lowest BCUT2D eigenvalue weighted by molar-refractivity contribution is 0.112. The third-order valence-electron chi connectivity index (χ3n) is 3.50. The molecule has 0 saturated heterocycles. The summed E-state index contributed by atoms with van der Waals surface area (Å²) in [5.41, 5.74) is 6.99. The molecule has 1 aromatic carbocycles. The average molecular weight is 275 g/mol. The largest absolute Gasteiger partial charge is 0.459 e. The van der Waals surface area contributed by atoms with Crippen LogP contribution in [0, 0.1) is 0 Å². The molecule has 2 rings (SSSR count). The van der Waals surface area contributed by atoms with E-state index in [-0.39, 0.29) is 6.04 Å². The standard InChI is InChI=1S/C17H25NO2/c1-2-3-4-5-8-11-19-13-15(18)17-12-14-9-6-7-10-16(14)20-17/h6-7,9-10,12,15H,2-5,8,11,13,18H2,1H3. The minimum Gasteiger partial charge on any atom is -0.459 e. The first-order chi connectivity index (χ1) is 9.81. The van der Waals surface area contributed by atoms with E-state index in [1.165, 1.54) is 25.7 Å². The summed E-state index contributed by atoms with van der Waals surface area (Å²) in [4.78, 5) is 0. The molecule has 1 atom stereocenters. The lowest BCUT2D eigenvalue weighted by Crippen LogP contribution is -2.16. The monoisotopic (exact) mass is 275 g/mol. The zero-order valence-electron chi connectivity index (χ0n) is 12.3. The van der Waals surface area contributed by atoms with Gasteiger partial charge in [0, 0.05) is 12.0 Å². The summed E-state index contributed by atoms with van der Waals surface area (Å²) >= 11 is 0. The molecule has 1 unspecified atom stereocenters. The van der Waals surface area contributed by atoms with Gasteiger partial charge in [-0.15, -0.1) is 0 Å². The van der Waals surface area contributed by atoms with Gasteiger partial charge in [-0.25, -0.2) is 0 Å². The van der Waals surface area contributed by atoms with Crippen molar-refractivity contribution < 1.29 is 9.15 Å². The van der Waals surface area contributed by atoms with Crippen molar-refractivity contribution in [1.82, 2.24) is 0 Å². The van der Waals surface area contributed by atoms with Crippen molar-refractivity contribution in [2.24, 2.45) is 5.73 Å². The Kier molecular flexibility index (Phi) is 6.09. The topological polar surface area (TPSA) is 48.4 Å². The maximum Gasteiger partial charge on any atom is 0.134 e. The molecule has 0 aliphatic heterocycles. The minimum absolute atomic E-state index is 0.182. The van der Waals surface area contributed by atoms with E-state index in [1.54, 1.807) is 0 Å². The number of fused-ring (bicyclic) bond motifs is 1. The summed E-state index contributed by atoms with van der Waals surface area (Å²) in [6.07, 6.45) is 6.26. The number of rotatable bonds is 9. The summed E-state index contributed by atoms with van der Waals surface area (Å²) in [5, 5.41) is 1.09. The quantitative estimate of drug-likeness (QED) is 0.689. The predicted molar refractivity (Wildman–Crippen MR) is 82.7 cm³/mol. The molecule has 20 heavy (non-hydrogen) atoms. The molecular weight excluding hydrogens is 250 g/mol. The highest BCUT2D eigenvalue weighted by molar-refractivity contribution is 5.77. The van der Waals surface area contributed by atoms with Gasteiger partial charge in [0.05, 0.1) is 12.6 Å². The Morgan fingerprint density at radius 2 is 1.95 bits per heavy atom. The van der Waals surface area contributed by atoms with E-state index < -0.39 is 0 Å². The Balaban J connectivity index is 1.70. The van der Waals surface area contributed by atoms with E-state index in [4.69, 9.17) is 14.9 Å². The van der Waals surface area contributed by atoms with Gasteiger partial charge in [-0.3, -0.25) is 0 Å². The molecule has 3 nitrogen and oxygen atoms in total. The molecule has 3 heteroatoms. The van der Waals surface area contributed by atoms with Gasteiger partial charge in [0.15, 0.2) is 0 Å². The molecule has 0 aliphatic carbocycles. The summed E-state index contributed by atoms with van der Waals surface area (Å²) in [5.74, 6) is 0.803. The average Bonchev–Trinajstić information content (AvgIpc) is 2.90. The van der Waals surface area contributed by atoms with Crippen LogP contribution < -0.4 is 5.73 Å². The molecular formula is C17H25NO2. The van der Waals surface area contributed by atoms with E-state index in [9.17, 15) is 0 Å². The van der Waals surface area contributed by atoms with Crippen molar-refractivity contribution in [1.29, 1.82) is 0 Å². The summed E-state index contributed by atoms with van der Waals surface area (Å²) in [7, 11) is 0. The molecule has 0 spiro atoms. The highest BCUT2D eigenvalue weighted by atomic mass is 16.5. The molecule has 0 radical (unpaired) electrons. The SMILES string of the molecule is CCCCCCCOCC(N)c1cc2ccccc2o1. The lowest BCUT2D eigenvalue weighted by atomic mass is 10.2. The Morgan fingerprint density at radius 1 is 1.15 bits per heavy atom. The van der Waals surface area contributed by atoms with Gasteiger partial charge >= 0.3 is 0 Å². The van der Waals surface area contributed by atoms with Crippen LogP contribution in [0.2, 0.25) is 0 Å². The number of furan rings is 1. The first-order valence-electron chi connectivity index (χ1n) is 7.63. The fraction of sp³-hybridized carbons (Fsp3) is 0.529. The van der Waals surface area contributed by atoms with E-state index in [1.807, 2.05) is 30.3 Å². The van der Waals surface area contributed by atoms with E-state index in [0.29, 0.717) is 6.61 Å². The van der Waals surface area contributed by atoms with E-state index >= 15 is 0 Å². The van der Waals surface area contributed by atoms with Crippen molar-refractivity contribution in [3.8, 4) is 0 Å². The highest BCUT2D eigenvalue weighted by Crippen LogP contribution is 2.22. The fourth-order valence-electron chi connectivity index (χ4n) is 2.29. The van der Waals surface area contributed by atoms with Gasteiger partial charge in [0.1, 0.15) is 11.3 Å². The van der Waals surface area contributed by atoms with Crippen molar-refractivity contribution in [3.05, 3.63) is 36.1 Å². The van der Waals surface area contributed by atoms with Gasteiger partial charge in [-0.05, 0) is 18.6 Å². The number of nitrogens with two attached hydrogens (primary N) is 1. The Morgan fingerprint density at radius 3 is 2.75 bits per heavy atom. The van der Waals surface area contributed by atoms with Crippen molar-refractivity contribution >= 4 is 11.0 Å². The minimum atomic E-state index is -0.182. The van der Waals surface area contributed by atoms with Crippen LogP contribution >= 0.6 is 0 Å². The van der Waals surface area contributed by atoms with Gasteiger partial charge in [0.2, 0.25) is 0 Å². The van der Waals surface area contributed by atoms with Gasteiger partial charge in [-0.2, -0.15) is 0 Å². The number of para-hydroxylation sites is 1. The zero-order valence-corrected chi connectivity index (χ0v) is 12.3. The second-order valence-electron chi connectivity index (χ2n) is 5.28. The predicted octanol–water partition coefficient (Wildman–Crippen LogP) is 4.42. The van der Waals surface area contributed by atoms with Crippen LogP contribution in [-0.2, 0) is 4.74 Å². The van der Waals surface area contributed by atoms with Gasteiger partial charge in [-0.1, -0.05) is 50.8 Å². The third-order valence-corrected chi connectivity index (χ3v) is 3.50. The highest BCUT2D eigenvalue weighted by Gasteiger charge is 2.11. The molecule has 0 aliphatic rings. The van der Waals surface area contributed by atoms with E-state index in [0.717, 1.165) is 29.8 Å². The Bertz CT molecular complexity index is 473. The van der Waals surface area contributed by atoms with Crippen LogP contribution in [-0.4, -0.2) is 13.2 Å². The van der Waals surface area contributed by atoms with E-state index in [2.05, 4.69) is 6.92 Å². The molecule has 0 amide bonds. The molecule has 1 aromatic heterocycles. The van der Waals surface area contributed by atoms with Crippen LogP contribution in [0.3, 0.4) is 0 Å². The maximum atomic E-state index is 6.10. The van der Waals surface area contributed by atoms with Crippen LogP contribution in [0.15, 0.2) is 34.7 Å². The van der Waals surface area contributed by atoms with Gasteiger partial charge < -0.3 is 14.9 Å². The molecule has 1 heterocycles. The summed E-state index contributed by atoms with van der Waals surface area (Å²) < 4.78 is 11.4. The van der Waals surface area contributed by atoms with Crippen LogP contribution in [0.5, 0.6) is 0 Å². The molecule has 0 bridgehead atoms. The second kappa shape index (κ2) is 8.08. The molecule has 0 fully saturated rings. The number of ether oxygens (including phenoxy) is 1. The number of unbranched alkanes of at least 4 members (excludes halogenated alkanes) is 4. The van der Waals surface area contributed by atoms with Crippen LogP contribution in [0.1, 0.15) is 50.8 Å². The zero-order chi connectivity index (χ0) is 14.2. The fourth-order valence-corrected chi connectivity index (χ4v) is 2.29. The molecule has 2 aromatic rings. The molecule has 0 saturated carbocycles. The first-order valence-corrected chi connectivity index (χ1v) is 7.63. The maximum absolute atomic E-state index is 6.10. The normalized spacial score (nSPS) is 12.9. The Labute approximate surface area is 121 Å². The molecule has 110 valence electrons. The van der Waals surface area contributed by atoms with Crippen molar-refractivity contribution in [3.63, 3.8) is 0 Å². The lowest BCUT2D eigenvalue weighted by Gasteiger charge is -2.09. The second-order valence-corrected chi connectivity index (χ2v) is 5.28. The molecule has 2 N–H and O–H groups in total. The van der Waals surface area contributed by atoms with Crippen molar-refractivity contribution in [2.75, 3.05) is 13.2 Å². The number of hydrogen-bond donors (Lipinski definition) is 1. The summed E-state index contributed by atoms with van der Waals surface area (Å²) in [6.45, 7) is 3.54. The summed E-state index contributed by atoms with van der Waals surface area (Å²) in [6, 6.07) is 9.78. The van der Waals surface area contributed by atoms with Crippen molar-refractivity contribution in [2.45, 2.75) is 45.1 Å². The smallest absolute Gasteiger partial charge is 0.134 e. The number of hydrogen-bond acceptors (Lipinski definition) is 3. The first kappa shape index (κ1) is 15.1. The van der Waals surface area contributed by atoms with Gasteiger partial charge in [0.25, 0.3) is 0 Å².